The average Bonchev–Trinajstić information content (AvgIpc) is 3.75. The molecule has 1 atom stereocenters. The van der Waals surface area contributed by atoms with Gasteiger partial charge >= 0.3 is 6.09 Å². The molecule has 6 rings (SSSR count). The Labute approximate surface area is 322 Å². The van der Waals surface area contributed by atoms with Crippen LogP contribution < -0.4 is 20.9 Å². The highest BCUT2D eigenvalue weighted by atomic mass is 35.5. The zero-order valence-electron chi connectivity index (χ0n) is 30.8. The second-order valence-electron chi connectivity index (χ2n) is 14.1. The molecule has 1 aliphatic rings. The van der Waals surface area contributed by atoms with Crippen LogP contribution in [0.25, 0.3) is 39.0 Å². The molecule has 2 amide bonds. The molecule has 54 heavy (non-hydrogen) atoms. The maximum absolute atomic E-state index is 13.3. The number of pyridine rings is 1. The number of fused-ring (bicyclic) bond motifs is 1. The van der Waals surface area contributed by atoms with Crippen molar-refractivity contribution in [2.75, 3.05) is 26.8 Å². The first kappa shape index (κ1) is 38.8. The van der Waals surface area contributed by atoms with E-state index in [1.54, 1.807) is 49.5 Å². The van der Waals surface area contributed by atoms with Gasteiger partial charge < -0.3 is 30.1 Å². The van der Waals surface area contributed by atoms with Gasteiger partial charge in [-0.25, -0.2) is 14.3 Å². The lowest BCUT2D eigenvalue weighted by molar-refractivity contribution is -0.119. The maximum Gasteiger partial charge on any atom is 0.410 e. The van der Waals surface area contributed by atoms with Gasteiger partial charge in [0.15, 0.2) is 0 Å². The Morgan fingerprint density at radius 2 is 1.74 bits per heavy atom. The van der Waals surface area contributed by atoms with Gasteiger partial charge in [0.1, 0.15) is 16.9 Å². The molecule has 15 heteroatoms. The summed E-state index contributed by atoms with van der Waals surface area (Å²) in [5.74, 6) is 0.788. The number of halogens is 2. The Hall–Kier alpha value is -4.95. The highest BCUT2D eigenvalue weighted by Crippen LogP contribution is 2.42. The number of amides is 2. The number of nitrogens with one attached hydrogen (secondary N) is 2. The smallest absolute Gasteiger partial charge is 0.410 e. The molecule has 0 bridgehead atoms. The van der Waals surface area contributed by atoms with E-state index in [1.807, 2.05) is 48.5 Å². The first-order chi connectivity index (χ1) is 25.8. The van der Waals surface area contributed by atoms with Crippen LogP contribution >= 0.6 is 23.2 Å². The van der Waals surface area contributed by atoms with Crippen LogP contribution in [0.5, 0.6) is 5.88 Å². The summed E-state index contributed by atoms with van der Waals surface area (Å²) in [6, 6.07) is 16.5. The van der Waals surface area contributed by atoms with E-state index >= 15 is 0 Å². The van der Waals surface area contributed by atoms with Gasteiger partial charge in [-0.2, -0.15) is 5.10 Å². The minimum Gasteiger partial charge on any atom is -0.481 e. The molecule has 1 saturated heterocycles. The van der Waals surface area contributed by atoms with Crippen LogP contribution in [0.1, 0.15) is 45.0 Å². The van der Waals surface area contributed by atoms with E-state index in [9.17, 15) is 14.4 Å². The topological polar surface area (TPSA) is 152 Å². The van der Waals surface area contributed by atoms with Crippen molar-refractivity contribution in [1.29, 1.82) is 0 Å². The number of aromatic nitrogens is 4. The van der Waals surface area contributed by atoms with E-state index in [-0.39, 0.29) is 37.2 Å². The van der Waals surface area contributed by atoms with Gasteiger partial charge in [0.05, 0.1) is 42.5 Å². The lowest BCUT2D eigenvalue weighted by Gasteiger charge is -2.29. The van der Waals surface area contributed by atoms with E-state index in [1.165, 1.54) is 11.7 Å². The highest BCUT2D eigenvalue weighted by Gasteiger charge is 2.29. The summed E-state index contributed by atoms with van der Waals surface area (Å²) in [6.45, 7) is 6.50. The normalized spacial score (nSPS) is 14.4. The SMILES string of the molecule is COc1nc(-c2cccc(-c3cccc(-c4cc5c(=O)n(C)c(CNCCO)nn5c4)c3Cl)c2Cl)ccc1CN(C[C@@H]1CCC(=O)N1)C(=O)OC(C)(C)C. The van der Waals surface area contributed by atoms with Crippen molar-refractivity contribution in [1.82, 2.24) is 34.7 Å². The summed E-state index contributed by atoms with van der Waals surface area (Å²) in [5.41, 5.74) is 4.07. The summed E-state index contributed by atoms with van der Waals surface area (Å²) < 4.78 is 14.4. The number of nitrogens with zero attached hydrogens (tertiary/aromatic N) is 5. The second kappa shape index (κ2) is 16.2. The van der Waals surface area contributed by atoms with Crippen LogP contribution in [0.3, 0.4) is 0 Å². The van der Waals surface area contributed by atoms with Crippen molar-refractivity contribution in [3.05, 3.63) is 92.6 Å². The maximum atomic E-state index is 13.3. The molecule has 2 aromatic carbocycles. The third-order valence-electron chi connectivity index (χ3n) is 9.05. The number of methoxy groups -OCH3 is 1. The lowest BCUT2D eigenvalue weighted by Crippen LogP contribution is -2.43. The number of rotatable bonds is 12. The molecule has 1 fully saturated rings. The monoisotopic (exact) mass is 775 g/mol. The van der Waals surface area contributed by atoms with Crippen LogP contribution in [0, 0.1) is 0 Å². The van der Waals surface area contributed by atoms with Crippen LogP contribution in [0.4, 0.5) is 4.79 Å². The molecule has 13 nitrogen and oxygen atoms in total. The largest absolute Gasteiger partial charge is 0.481 e. The fourth-order valence-corrected chi connectivity index (χ4v) is 7.05. The average molecular weight is 777 g/mol. The number of hydrogen-bond acceptors (Lipinski definition) is 9. The van der Waals surface area contributed by atoms with Crippen molar-refractivity contribution in [2.24, 2.45) is 7.05 Å². The fourth-order valence-electron chi connectivity index (χ4n) is 6.39. The van der Waals surface area contributed by atoms with E-state index in [0.29, 0.717) is 92.3 Å². The molecule has 0 spiro atoms. The fraction of sp³-hybridized carbons (Fsp3) is 0.359. The van der Waals surface area contributed by atoms with E-state index in [2.05, 4.69) is 15.7 Å². The van der Waals surface area contributed by atoms with E-state index < -0.39 is 11.7 Å². The van der Waals surface area contributed by atoms with Crippen molar-refractivity contribution in [3.8, 4) is 39.4 Å². The molecule has 4 heterocycles. The summed E-state index contributed by atoms with van der Waals surface area (Å²) in [7, 11) is 3.18. The number of hydrogen-bond donors (Lipinski definition) is 3. The Balaban J connectivity index is 1.30. The summed E-state index contributed by atoms with van der Waals surface area (Å²) in [5, 5.41) is 20.6. The molecule has 0 saturated carbocycles. The molecule has 3 aromatic heterocycles. The molecule has 5 aromatic rings. The number of benzene rings is 2. The van der Waals surface area contributed by atoms with Gasteiger partial charge in [0.2, 0.25) is 11.8 Å². The summed E-state index contributed by atoms with van der Waals surface area (Å²) in [4.78, 5) is 44.7. The number of carbonyl (C=O) groups excluding carboxylic acids is 2. The van der Waals surface area contributed by atoms with E-state index in [4.69, 9.17) is 42.8 Å². The Morgan fingerprint density at radius 1 is 1.06 bits per heavy atom. The number of carbonyl (C=O) groups is 2. The third kappa shape index (κ3) is 8.39. The molecule has 0 unspecified atom stereocenters. The minimum atomic E-state index is -0.708. The zero-order chi connectivity index (χ0) is 38.7. The van der Waals surface area contributed by atoms with Crippen molar-refractivity contribution < 1.29 is 24.2 Å². The van der Waals surface area contributed by atoms with Crippen molar-refractivity contribution in [3.63, 3.8) is 0 Å². The predicted octanol–water partition coefficient (Wildman–Crippen LogP) is 5.84. The predicted molar refractivity (Wildman–Crippen MR) is 208 cm³/mol. The van der Waals surface area contributed by atoms with Crippen LogP contribution in [0.2, 0.25) is 10.0 Å². The Bertz CT molecular complexity index is 2270. The molecular weight excluding hydrogens is 733 g/mol. The first-order valence-electron chi connectivity index (χ1n) is 17.6. The van der Waals surface area contributed by atoms with Gasteiger partial charge in [-0.3, -0.25) is 14.2 Å². The lowest BCUT2D eigenvalue weighted by atomic mass is 9.97. The van der Waals surface area contributed by atoms with Crippen LogP contribution in [-0.2, 0) is 29.7 Å². The quantitative estimate of drug-likeness (QED) is 0.133. The minimum absolute atomic E-state index is 0.0249. The first-order valence-corrected chi connectivity index (χ1v) is 18.3. The number of ether oxygens (including phenoxy) is 2. The van der Waals surface area contributed by atoms with Gasteiger partial charge in [0, 0.05) is 72.2 Å². The molecule has 0 aliphatic carbocycles. The second-order valence-corrected chi connectivity index (χ2v) is 14.9. The molecular formula is C39H43Cl2N7O6. The van der Waals surface area contributed by atoms with E-state index in [0.717, 1.165) is 0 Å². The third-order valence-corrected chi connectivity index (χ3v) is 9.87. The molecule has 1 aliphatic heterocycles. The van der Waals surface area contributed by atoms with Gasteiger partial charge in [-0.05, 0) is 45.4 Å². The molecule has 0 radical (unpaired) electrons. The van der Waals surface area contributed by atoms with Crippen molar-refractivity contribution in [2.45, 2.75) is 58.3 Å². The van der Waals surface area contributed by atoms with Gasteiger partial charge in [-0.15, -0.1) is 0 Å². The van der Waals surface area contributed by atoms with Gasteiger partial charge in [-0.1, -0.05) is 59.6 Å². The summed E-state index contributed by atoms with van der Waals surface area (Å²) in [6.07, 6.45) is 2.30. The van der Waals surface area contributed by atoms with Gasteiger partial charge in [0.25, 0.3) is 5.56 Å². The Kier molecular flexibility index (Phi) is 11.6. The zero-order valence-corrected chi connectivity index (χ0v) is 32.3. The highest BCUT2D eigenvalue weighted by molar-refractivity contribution is 6.39. The standard InChI is InChI=1S/C39H43Cl2N7O6/c1-39(2,3)54-38(52)47(22-25-13-15-33(50)43-25)20-23-12-14-30(44-36(23)53-5)29-11-7-10-28(35(29)41)27-9-6-8-26(34(27)40)24-18-31-37(51)46(4)32(19-42-16-17-49)45-48(31)21-24/h6-12,14,18,21,25,42,49H,13,15-17,19-20,22H2,1-5H3,(H,43,50)/t25-/m0/s1. The number of aliphatic hydroxyl groups excluding tert-OH is 1. The van der Waals surface area contributed by atoms with Crippen LogP contribution in [0.15, 0.2) is 65.6 Å². The molecule has 3 N–H and O–H groups in total. The summed E-state index contributed by atoms with van der Waals surface area (Å²) >= 11 is 14.2. The van der Waals surface area contributed by atoms with Crippen LogP contribution in [-0.4, -0.2) is 79.6 Å². The van der Waals surface area contributed by atoms with Crippen molar-refractivity contribution >= 4 is 40.7 Å². The molecule has 284 valence electrons. The Morgan fingerprint density at radius 3 is 2.39 bits per heavy atom. The number of aliphatic hydroxyl groups is 1.